The zero-order valence-corrected chi connectivity index (χ0v) is 23.1. The Hall–Kier alpha value is -5.72. The van der Waals surface area contributed by atoms with Crippen LogP contribution in [0.25, 0.3) is 11.4 Å². The number of aromatic nitrogens is 2. The molecule has 2 heterocycles. The molecule has 43 heavy (non-hydrogen) atoms. The number of H-pyrrole nitrogens is 1. The van der Waals surface area contributed by atoms with Crippen molar-refractivity contribution in [2.45, 2.75) is 25.8 Å². The predicted molar refractivity (Wildman–Crippen MR) is 154 cm³/mol. The number of hydrogen-bond donors (Lipinski definition) is 5. The van der Waals surface area contributed by atoms with E-state index in [0.29, 0.717) is 28.6 Å². The molecule has 0 bridgehead atoms. The van der Waals surface area contributed by atoms with Gasteiger partial charge in [0, 0.05) is 30.6 Å². The van der Waals surface area contributed by atoms with Crippen LogP contribution in [0.1, 0.15) is 28.8 Å². The average Bonchev–Trinajstić information content (AvgIpc) is 3.48. The molecule has 222 valence electrons. The van der Waals surface area contributed by atoms with E-state index in [1.54, 1.807) is 49.4 Å². The fourth-order valence-corrected chi connectivity index (χ4v) is 3.96. The molecule has 3 amide bonds. The van der Waals surface area contributed by atoms with E-state index >= 15 is 0 Å². The summed E-state index contributed by atoms with van der Waals surface area (Å²) in [5, 5.41) is 16.5. The van der Waals surface area contributed by atoms with Crippen LogP contribution in [0.5, 0.6) is 11.5 Å². The van der Waals surface area contributed by atoms with E-state index in [-0.39, 0.29) is 24.1 Å². The van der Waals surface area contributed by atoms with Crippen LogP contribution in [0.15, 0.2) is 73.1 Å². The number of benzene rings is 2. The number of amides is 3. The predicted octanol–water partition coefficient (Wildman–Crippen LogP) is 5.10. The van der Waals surface area contributed by atoms with E-state index in [2.05, 4.69) is 30.7 Å². The molecule has 2 aromatic heterocycles. The Kier molecular flexibility index (Phi) is 9.68. The fourth-order valence-electron chi connectivity index (χ4n) is 3.96. The van der Waals surface area contributed by atoms with Gasteiger partial charge in [0.15, 0.2) is 0 Å². The number of rotatable bonds is 11. The lowest BCUT2D eigenvalue weighted by Gasteiger charge is -2.15. The van der Waals surface area contributed by atoms with E-state index in [0.717, 1.165) is 12.7 Å². The van der Waals surface area contributed by atoms with Crippen molar-refractivity contribution in [1.29, 1.82) is 0 Å². The number of carboxylic acid groups (broad SMARTS) is 1. The molecule has 2 aromatic carbocycles. The Morgan fingerprint density at radius 2 is 1.77 bits per heavy atom. The summed E-state index contributed by atoms with van der Waals surface area (Å²) in [6, 6.07) is 14.0. The number of aryl methyl sites for hydroxylation is 1. The van der Waals surface area contributed by atoms with Gasteiger partial charge in [-0.15, -0.1) is 0 Å². The van der Waals surface area contributed by atoms with Crippen LogP contribution in [0.2, 0.25) is 0 Å². The number of nitrogens with one attached hydrogen (secondary N) is 4. The molecular formula is C30H28FN5O7. The molecular weight excluding hydrogens is 561 g/mol. The second kappa shape index (κ2) is 13.8. The standard InChI is InChI=1S/C30H28FN5O7/c1-17-3-8-22(31)24(13-17)36-30(41)34-19-4-6-20(7-5-19)43-21-11-12-32-26(15-21)25-14-18(16-33-25)28(39)35-23(29(40)42-2)9-10-27(37)38/h3-8,11-16,23,33H,9-10H2,1-2H3,(H,35,39)(H,37,38)(H2,34,36,41)/t23-/m0/s1. The molecule has 0 fully saturated rings. The van der Waals surface area contributed by atoms with Crippen LogP contribution in [0.3, 0.4) is 0 Å². The van der Waals surface area contributed by atoms with Crippen molar-refractivity contribution in [3.8, 4) is 22.9 Å². The minimum absolute atomic E-state index is 0.0712. The first-order valence-electron chi connectivity index (χ1n) is 13.0. The molecule has 13 heteroatoms. The highest BCUT2D eigenvalue weighted by atomic mass is 19.1. The van der Waals surface area contributed by atoms with Gasteiger partial charge in [-0.2, -0.15) is 0 Å². The minimum atomic E-state index is -1.12. The number of urea groups is 1. The van der Waals surface area contributed by atoms with Gasteiger partial charge in [-0.05, 0) is 67.4 Å². The van der Waals surface area contributed by atoms with Crippen LogP contribution in [-0.4, -0.2) is 52.1 Å². The number of aromatic amines is 1. The van der Waals surface area contributed by atoms with Crippen molar-refractivity contribution >= 4 is 35.3 Å². The molecule has 0 aliphatic rings. The first kappa shape index (κ1) is 30.2. The van der Waals surface area contributed by atoms with Gasteiger partial charge >= 0.3 is 18.0 Å². The van der Waals surface area contributed by atoms with Crippen molar-refractivity contribution in [3.05, 3.63) is 90.0 Å². The van der Waals surface area contributed by atoms with Crippen molar-refractivity contribution in [3.63, 3.8) is 0 Å². The van der Waals surface area contributed by atoms with Gasteiger partial charge < -0.3 is 35.5 Å². The van der Waals surface area contributed by atoms with Crippen LogP contribution in [0, 0.1) is 12.7 Å². The van der Waals surface area contributed by atoms with Crippen LogP contribution >= 0.6 is 0 Å². The third kappa shape index (κ3) is 8.39. The van der Waals surface area contributed by atoms with Gasteiger partial charge in [-0.1, -0.05) is 6.07 Å². The van der Waals surface area contributed by atoms with E-state index in [1.807, 2.05) is 0 Å². The Morgan fingerprint density at radius 1 is 1.00 bits per heavy atom. The number of aliphatic carboxylic acids is 1. The summed E-state index contributed by atoms with van der Waals surface area (Å²) in [7, 11) is 1.15. The Labute approximate surface area is 245 Å². The quantitative estimate of drug-likeness (QED) is 0.150. The maximum absolute atomic E-state index is 13.9. The van der Waals surface area contributed by atoms with Crippen molar-refractivity contribution < 1.29 is 38.1 Å². The van der Waals surface area contributed by atoms with Crippen molar-refractivity contribution in [1.82, 2.24) is 15.3 Å². The summed E-state index contributed by atoms with van der Waals surface area (Å²) >= 11 is 0. The largest absolute Gasteiger partial charge is 0.481 e. The number of pyridine rings is 1. The number of hydrogen-bond acceptors (Lipinski definition) is 7. The van der Waals surface area contributed by atoms with Gasteiger partial charge in [-0.3, -0.25) is 14.6 Å². The molecule has 12 nitrogen and oxygen atoms in total. The molecule has 1 atom stereocenters. The second-order valence-corrected chi connectivity index (χ2v) is 9.35. The molecule has 0 radical (unpaired) electrons. The highest BCUT2D eigenvalue weighted by Crippen LogP contribution is 2.27. The SMILES string of the molecule is COC(=O)[C@H](CCC(=O)O)NC(=O)c1c[nH]c(-c2cc(Oc3ccc(NC(=O)Nc4cc(C)ccc4F)cc3)ccn2)c1. The zero-order chi connectivity index (χ0) is 30.9. The average molecular weight is 590 g/mol. The lowest BCUT2D eigenvalue weighted by atomic mass is 10.1. The number of ether oxygens (including phenoxy) is 2. The van der Waals surface area contributed by atoms with Crippen LogP contribution in [-0.2, 0) is 14.3 Å². The number of carbonyl (C=O) groups is 4. The summed E-state index contributed by atoms with van der Waals surface area (Å²) in [5.41, 5.74) is 2.49. The van der Waals surface area contributed by atoms with Gasteiger partial charge in [0.25, 0.3) is 5.91 Å². The fraction of sp³-hybridized carbons (Fsp3) is 0.167. The Bertz CT molecular complexity index is 1640. The number of halogens is 1. The second-order valence-electron chi connectivity index (χ2n) is 9.35. The Balaban J connectivity index is 1.37. The number of esters is 1. The molecule has 0 aliphatic carbocycles. The van der Waals surface area contributed by atoms with Gasteiger partial charge in [-0.25, -0.2) is 14.0 Å². The smallest absolute Gasteiger partial charge is 0.328 e. The van der Waals surface area contributed by atoms with E-state index in [4.69, 9.17) is 9.84 Å². The van der Waals surface area contributed by atoms with E-state index < -0.39 is 35.7 Å². The lowest BCUT2D eigenvalue weighted by molar-refractivity contribution is -0.143. The van der Waals surface area contributed by atoms with E-state index in [1.165, 1.54) is 30.6 Å². The van der Waals surface area contributed by atoms with Gasteiger partial charge in [0.2, 0.25) is 0 Å². The third-order valence-electron chi connectivity index (χ3n) is 6.11. The molecule has 0 spiro atoms. The maximum atomic E-state index is 13.9. The summed E-state index contributed by atoms with van der Waals surface area (Å²) in [4.78, 5) is 55.1. The molecule has 0 saturated carbocycles. The normalized spacial score (nSPS) is 11.2. The topological polar surface area (TPSA) is 172 Å². The van der Waals surface area contributed by atoms with Crippen molar-refractivity contribution in [2.24, 2.45) is 0 Å². The zero-order valence-electron chi connectivity index (χ0n) is 23.1. The molecule has 5 N–H and O–H groups in total. The maximum Gasteiger partial charge on any atom is 0.328 e. The van der Waals surface area contributed by atoms with Gasteiger partial charge in [0.1, 0.15) is 23.4 Å². The minimum Gasteiger partial charge on any atom is -0.481 e. The van der Waals surface area contributed by atoms with E-state index in [9.17, 15) is 23.6 Å². The first-order chi connectivity index (χ1) is 20.6. The molecule has 4 rings (SSSR count). The monoisotopic (exact) mass is 589 g/mol. The number of anilines is 2. The van der Waals surface area contributed by atoms with Crippen molar-refractivity contribution in [2.75, 3.05) is 17.7 Å². The first-order valence-corrected chi connectivity index (χ1v) is 13.0. The summed E-state index contributed by atoms with van der Waals surface area (Å²) < 4.78 is 24.5. The molecule has 0 saturated heterocycles. The summed E-state index contributed by atoms with van der Waals surface area (Å²) in [5.74, 6) is -2.08. The lowest BCUT2D eigenvalue weighted by Crippen LogP contribution is -2.41. The highest BCUT2D eigenvalue weighted by molar-refractivity contribution is 6.00. The summed E-state index contributed by atoms with van der Waals surface area (Å²) in [6.07, 6.45) is 2.51. The number of carboxylic acids is 1. The van der Waals surface area contributed by atoms with Crippen LogP contribution < -0.4 is 20.7 Å². The Morgan fingerprint density at radius 3 is 2.49 bits per heavy atom. The highest BCUT2D eigenvalue weighted by Gasteiger charge is 2.23. The third-order valence-corrected chi connectivity index (χ3v) is 6.11. The summed E-state index contributed by atoms with van der Waals surface area (Å²) in [6.45, 7) is 1.79. The number of nitrogens with zero attached hydrogens (tertiary/aromatic N) is 1. The molecule has 4 aromatic rings. The molecule has 0 unspecified atom stereocenters. The number of carbonyl (C=O) groups excluding carboxylic acids is 3. The molecule has 0 aliphatic heterocycles. The van der Waals surface area contributed by atoms with Gasteiger partial charge in [0.05, 0.1) is 29.7 Å². The number of methoxy groups -OCH3 is 1. The van der Waals surface area contributed by atoms with Crippen LogP contribution in [0.4, 0.5) is 20.6 Å².